The van der Waals surface area contributed by atoms with E-state index in [1.54, 1.807) is 0 Å². The Bertz CT molecular complexity index is 718. The standard InChI is InChI=1S/C20H24N2O3/c21-12-15-3-5-18-17(10-15)4-2-16(13-22-18)11-19(23)6-1-7-20(14-19)24-8-9-25-20/h3,5,10,13,16,23H,1-2,4,6-9,11,14H2. The van der Waals surface area contributed by atoms with E-state index in [1.807, 2.05) is 24.4 Å². The molecule has 5 heteroatoms. The maximum atomic E-state index is 11.2. The Balaban J connectivity index is 1.46. The Kier molecular flexibility index (Phi) is 4.36. The van der Waals surface area contributed by atoms with Crippen LogP contribution >= 0.6 is 0 Å². The number of nitriles is 1. The van der Waals surface area contributed by atoms with E-state index in [0.717, 1.165) is 43.4 Å². The van der Waals surface area contributed by atoms with Crippen molar-refractivity contribution in [2.45, 2.75) is 56.3 Å². The zero-order valence-electron chi connectivity index (χ0n) is 14.4. The van der Waals surface area contributed by atoms with Crippen molar-refractivity contribution >= 4 is 11.9 Å². The molecule has 1 saturated heterocycles. The van der Waals surface area contributed by atoms with Crippen molar-refractivity contribution in [1.29, 1.82) is 5.26 Å². The Labute approximate surface area is 148 Å². The summed E-state index contributed by atoms with van der Waals surface area (Å²) >= 11 is 0. The second-order valence-electron chi connectivity index (χ2n) is 7.60. The fourth-order valence-electron chi connectivity index (χ4n) is 4.51. The number of nitrogens with zero attached hydrogens (tertiary/aromatic N) is 2. The summed E-state index contributed by atoms with van der Waals surface area (Å²) in [5, 5.41) is 20.2. The van der Waals surface area contributed by atoms with Crippen LogP contribution in [-0.2, 0) is 15.9 Å². The first-order valence-electron chi connectivity index (χ1n) is 9.17. The molecule has 1 aliphatic carbocycles. The Morgan fingerprint density at radius 3 is 2.92 bits per heavy atom. The van der Waals surface area contributed by atoms with Crippen LogP contribution in [0.1, 0.15) is 49.7 Å². The highest BCUT2D eigenvalue weighted by molar-refractivity contribution is 5.69. The summed E-state index contributed by atoms with van der Waals surface area (Å²) in [5.74, 6) is -0.348. The second-order valence-corrected chi connectivity index (χ2v) is 7.60. The van der Waals surface area contributed by atoms with Crippen molar-refractivity contribution in [1.82, 2.24) is 0 Å². The number of rotatable bonds is 2. The lowest BCUT2D eigenvalue weighted by atomic mass is 9.75. The van der Waals surface area contributed by atoms with Crippen LogP contribution in [0.15, 0.2) is 23.2 Å². The molecule has 0 aromatic heterocycles. The Morgan fingerprint density at radius 2 is 2.12 bits per heavy atom. The summed E-state index contributed by atoms with van der Waals surface area (Å²) in [6, 6.07) is 7.84. The third-order valence-corrected chi connectivity index (χ3v) is 5.67. The zero-order chi connectivity index (χ0) is 17.3. The average molecular weight is 340 g/mol. The smallest absolute Gasteiger partial charge is 0.171 e. The lowest BCUT2D eigenvalue weighted by Gasteiger charge is -2.42. The first-order chi connectivity index (χ1) is 12.1. The third-order valence-electron chi connectivity index (χ3n) is 5.67. The predicted octanol–water partition coefficient (Wildman–Crippen LogP) is 3.26. The molecule has 1 N–H and O–H groups in total. The van der Waals surface area contributed by atoms with Crippen LogP contribution in [0.3, 0.4) is 0 Å². The molecular formula is C20H24N2O3. The number of hydrogen-bond donors (Lipinski definition) is 1. The van der Waals surface area contributed by atoms with Gasteiger partial charge in [-0.2, -0.15) is 5.26 Å². The molecule has 2 unspecified atom stereocenters. The van der Waals surface area contributed by atoms with E-state index >= 15 is 0 Å². The van der Waals surface area contributed by atoms with Gasteiger partial charge in [0, 0.05) is 19.1 Å². The normalized spacial score (nSPS) is 30.6. The van der Waals surface area contributed by atoms with Crippen molar-refractivity contribution in [2.24, 2.45) is 10.9 Å². The summed E-state index contributed by atoms with van der Waals surface area (Å²) in [5.41, 5.74) is 1.98. The fraction of sp³-hybridized carbons (Fsp3) is 0.600. The van der Waals surface area contributed by atoms with Crippen LogP contribution in [0, 0.1) is 17.2 Å². The van der Waals surface area contributed by atoms with Crippen molar-refractivity contribution in [3.63, 3.8) is 0 Å². The minimum Gasteiger partial charge on any atom is -0.390 e. The highest BCUT2D eigenvalue weighted by Gasteiger charge is 2.48. The van der Waals surface area contributed by atoms with Crippen molar-refractivity contribution in [3.05, 3.63) is 29.3 Å². The van der Waals surface area contributed by atoms with Gasteiger partial charge in [-0.25, -0.2) is 0 Å². The van der Waals surface area contributed by atoms with Crippen LogP contribution in [0.5, 0.6) is 0 Å². The van der Waals surface area contributed by atoms with Gasteiger partial charge in [0.15, 0.2) is 5.79 Å². The lowest BCUT2D eigenvalue weighted by Crippen LogP contribution is -2.47. The molecule has 2 heterocycles. The van der Waals surface area contributed by atoms with Crippen LogP contribution in [0.2, 0.25) is 0 Å². The number of aryl methyl sites for hydroxylation is 1. The third kappa shape index (κ3) is 3.48. The Hall–Kier alpha value is -1.74. The Morgan fingerprint density at radius 1 is 1.28 bits per heavy atom. The van der Waals surface area contributed by atoms with Gasteiger partial charge in [0.2, 0.25) is 0 Å². The first kappa shape index (κ1) is 16.7. The van der Waals surface area contributed by atoms with Gasteiger partial charge >= 0.3 is 0 Å². The minimum absolute atomic E-state index is 0.222. The summed E-state index contributed by atoms with van der Waals surface area (Å²) < 4.78 is 11.6. The van der Waals surface area contributed by atoms with Crippen molar-refractivity contribution < 1.29 is 14.6 Å². The summed E-state index contributed by atoms with van der Waals surface area (Å²) in [7, 11) is 0. The number of aliphatic hydroxyl groups is 1. The van der Waals surface area contributed by atoms with Gasteiger partial charge in [-0.15, -0.1) is 0 Å². The van der Waals surface area contributed by atoms with Gasteiger partial charge in [-0.3, -0.25) is 4.99 Å². The molecule has 0 bridgehead atoms. The number of ether oxygens (including phenoxy) is 2. The van der Waals surface area contributed by atoms with E-state index in [0.29, 0.717) is 31.6 Å². The first-order valence-corrected chi connectivity index (χ1v) is 9.17. The molecule has 2 aliphatic heterocycles. The zero-order valence-corrected chi connectivity index (χ0v) is 14.4. The molecule has 25 heavy (non-hydrogen) atoms. The van der Waals surface area contributed by atoms with E-state index in [9.17, 15) is 5.11 Å². The van der Waals surface area contributed by atoms with Gasteiger partial charge in [-0.05, 0) is 61.8 Å². The number of benzene rings is 1. The topological polar surface area (TPSA) is 74.8 Å². The highest BCUT2D eigenvalue weighted by atomic mass is 16.7. The molecule has 132 valence electrons. The monoisotopic (exact) mass is 340 g/mol. The number of aliphatic imine (C=N–C) groups is 1. The van der Waals surface area contributed by atoms with Crippen LogP contribution in [0.4, 0.5) is 5.69 Å². The number of fused-ring (bicyclic) bond motifs is 1. The van der Waals surface area contributed by atoms with Crippen LogP contribution in [-0.4, -0.2) is 35.9 Å². The van der Waals surface area contributed by atoms with Gasteiger partial charge < -0.3 is 14.6 Å². The van der Waals surface area contributed by atoms with Crippen molar-refractivity contribution in [3.8, 4) is 6.07 Å². The molecule has 1 spiro atoms. The predicted molar refractivity (Wildman–Crippen MR) is 93.8 cm³/mol. The molecule has 2 fully saturated rings. The lowest BCUT2D eigenvalue weighted by molar-refractivity contribution is -0.219. The van der Waals surface area contributed by atoms with Gasteiger partial charge in [0.05, 0.1) is 36.1 Å². The highest BCUT2D eigenvalue weighted by Crippen LogP contribution is 2.44. The van der Waals surface area contributed by atoms with Crippen molar-refractivity contribution in [2.75, 3.05) is 13.2 Å². The van der Waals surface area contributed by atoms with Crippen LogP contribution < -0.4 is 0 Å². The van der Waals surface area contributed by atoms with E-state index in [1.165, 1.54) is 0 Å². The molecule has 0 amide bonds. The molecular weight excluding hydrogens is 316 g/mol. The molecule has 4 rings (SSSR count). The number of hydrogen-bond acceptors (Lipinski definition) is 5. The molecule has 5 nitrogen and oxygen atoms in total. The second kappa shape index (κ2) is 6.53. The molecule has 1 aromatic rings. The quantitative estimate of drug-likeness (QED) is 0.896. The molecule has 3 aliphatic rings. The van der Waals surface area contributed by atoms with Gasteiger partial charge in [0.25, 0.3) is 0 Å². The van der Waals surface area contributed by atoms with E-state index in [2.05, 4.69) is 11.1 Å². The van der Waals surface area contributed by atoms with Gasteiger partial charge in [0.1, 0.15) is 0 Å². The van der Waals surface area contributed by atoms with Gasteiger partial charge in [-0.1, -0.05) is 0 Å². The maximum Gasteiger partial charge on any atom is 0.171 e. The fourth-order valence-corrected chi connectivity index (χ4v) is 4.51. The minimum atomic E-state index is -0.756. The molecule has 1 saturated carbocycles. The molecule has 2 atom stereocenters. The molecule has 0 radical (unpaired) electrons. The SMILES string of the molecule is N#Cc1ccc2c(c1)CCC(CC1(O)CCCC3(C1)OCCO3)C=N2. The largest absolute Gasteiger partial charge is 0.390 e. The van der Waals surface area contributed by atoms with E-state index in [4.69, 9.17) is 14.7 Å². The summed E-state index contributed by atoms with van der Waals surface area (Å²) in [4.78, 5) is 4.62. The van der Waals surface area contributed by atoms with Crippen LogP contribution in [0.25, 0.3) is 0 Å². The summed E-state index contributed by atoms with van der Waals surface area (Å²) in [6.07, 6.45) is 7.61. The maximum absolute atomic E-state index is 11.2. The molecule has 1 aromatic carbocycles. The average Bonchev–Trinajstić information content (AvgIpc) is 2.94. The van der Waals surface area contributed by atoms with E-state index < -0.39 is 11.4 Å². The summed E-state index contributed by atoms with van der Waals surface area (Å²) in [6.45, 7) is 1.25. The van der Waals surface area contributed by atoms with E-state index in [-0.39, 0.29) is 5.92 Å².